The first-order valence-corrected chi connectivity index (χ1v) is 4.55. The van der Waals surface area contributed by atoms with E-state index in [1.54, 1.807) is 7.11 Å². The maximum absolute atomic E-state index is 11.0. The zero-order chi connectivity index (χ0) is 9.84. The molecule has 0 aromatic heterocycles. The second kappa shape index (κ2) is 4.58. The molecule has 0 radical (unpaired) electrons. The molecule has 2 N–H and O–H groups in total. The molecule has 1 fully saturated rings. The van der Waals surface area contributed by atoms with Crippen molar-refractivity contribution in [3.05, 3.63) is 0 Å². The summed E-state index contributed by atoms with van der Waals surface area (Å²) >= 11 is 0. The summed E-state index contributed by atoms with van der Waals surface area (Å²) in [5, 5.41) is 0. The third-order valence-corrected chi connectivity index (χ3v) is 2.44. The fourth-order valence-electron chi connectivity index (χ4n) is 1.45. The molecular formula is C9H17NO3. The number of hydrogen-bond donors (Lipinski definition) is 1. The quantitative estimate of drug-likeness (QED) is 0.629. The number of esters is 1. The van der Waals surface area contributed by atoms with E-state index in [1.165, 1.54) is 20.0 Å². The van der Waals surface area contributed by atoms with E-state index < -0.39 is 6.04 Å². The monoisotopic (exact) mass is 187 g/mol. The van der Waals surface area contributed by atoms with Gasteiger partial charge in [-0.1, -0.05) is 0 Å². The third kappa shape index (κ3) is 2.97. The lowest BCUT2D eigenvalue weighted by Crippen LogP contribution is -2.36. The molecule has 1 rings (SSSR count). The summed E-state index contributed by atoms with van der Waals surface area (Å²) in [4.78, 5) is 11.0. The van der Waals surface area contributed by atoms with Gasteiger partial charge in [0, 0.05) is 7.11 Å². The molecule has 0 heterocycles. The maximum Gasteiger partial charge on any atom is 0.322 e. The van der Waals surface area contributed by atoms with Gasteiger partial charge in [-0.3, -0.25) is 4.79 Å². The van der Waals surface area contributed by atoms with E-state index in [2.05, 4.69) is 4.74 Å². The summed E-state index contributed by atoms with van der Waals surface area (Å²) in [7, 11) is 3.01. The molecule has 1 aliphatic carbocycles. The molecule has 0 aromatic carbocycles. The minimum absolute atomic E-state index is 0.120. The molecule has 0 amide bonds. The number of nitrogens with two attached hydrogens (primary N) is 1. The highest BCUT2D eigenvalue weighted by molar-refractivity contribution is 5.75. The van der Waals surface area contributed by atoms with Gasteiger partial charge in [0.1, 0.15) is 6.04 Å². The van der Waals surface area contributed by atoms with Gasteiger partial charge in [0.2, 0.25) is 0 Å². The lowest BCUT2D eigenvalue weighted by atomic mass is 10.1. The lowest BCUT2D eigenvalue weighted by Gasteiger charge is -2.17. The van der Waals surface area contributed by atoms with Gasteiger partial charge in [0.25, 0.3) is 0 Å². The van der Waals surface area contributed by atoms with Crippen molar-refractivity contribution in [1.29, 1.82) is 0 Å². The topological polar surface area (TPSA) is 61.5 Å². The summed E-state index contributed by atoms with van der Waals surface area (Å²) in [5.74, 6) is 0.239. The number of ether oxygens (including phenoxy) is 2. The lowest BCUT2D eigenvalue weighted by molar-refractivity contribution is -0.143. The van der Waals surface area contributed by atoms with Crippen LogP contribution < -0.4 is 5.73 Å². The van der Waals surface area contributed by atoms with Crippen molar-refractivity contribution in [3.8, 4) is 0 Å². The third-order valence-electron chi connectivity index (χ3n) is 2.44. The van der Waals surface area contributed by atoms with Crippen LogP contribution in [-0.4, -0.2) is 32.3 Å². The Morgan fingerprint density at radius 1 is 1.54 bits per heavy atom. The largest absolute Gasteiger partial charge is 0.468 e. The molecule has 0 bridgehead atoms. The Hall–Kier alpha value is -0.610. The standard InChI is InChI=1S/C9H17NO3/c1-12-8(6-3-4-6)5-7(10)9(11)13-2/h6-8H,3-5,10H2,1-2H3. The van der Waals surface area contributed by atoms with Gasteiger partial charge < -0.3 is 15.2 Å². The summed E-state index contributed by atoms with van der Waals surface area (Å²) in [5.41, 5.74) is 5.62. The SMILES string of the molecule is COC(=O)C(N)CC(OC)C1CC1. The van der Waals surface area contributed by atoms with Crippen molar-refractivity contribution in [2.45, 2.75) is 31.4 Å². The van der Waals surface area contributed by atoms with Crippen LogP contribution in [0.3, 0.4) is 0 Å². The maximum atomic E-state index is 11.0. The molecule has 0 spiro atoms. The molecule has 2 atom stereocenters. The van der Waals surface area contributed by atoms with E-state index in [-0.39, 0.29) is 12.1 Å². The van der Waals surface area contributed by atoms with Gasteiger partial charge in [-0.05, 0) is 25.2 Å². The first kappa shape index (κ1) is 10.5. The predicted molar refractivity (Wildman–Crippen MR) is 48.1 cm³/mol. The van der Waals surface area contributed by atoms with Crippen LogP contribution in [0.5, 0.6) is 0 Å². The van der Waals surface area contributed by atoms with Gasteiger partial charge in [0.05, 0.1) is 13.2 Å². The number of hydrogen-bond acceptors (Lipinski definition) is 4. The van der Waals surface area contributed by atoms with E-state index in [0.29, 0.717) is 12.3 Å². The summed E-state index contributed by atoms with van der Waals surface area (Å²) in [6.45, 7) is 0. The average Bonchev–Trinajstić information content (AvgIpc) is 2.95. The first-order valence-electron chi connectivity index (χ1n) is 4.55. The zero-order valence-electron chi connectivity index (χ0n) is 8.16. The Morgan fingerprint density at radius 3 is 2.54 bits per heavy atom. The summed E-state index contributed by atoms with van der Waals surface area (Å²) in [6.07, 6.45) is 3.06. The predicted octanol–water partition coefficient (Wildman–Crippen LogP) is 0.302. The van der Waals surface area contributed by atoms with Gasteiger partial charge in [0.15, 0.2) is 0 Å². The van der Waals surface area contributed by atoms with Crippen molar-refractivity contribution in [2.24, 2.45) is 11.7 Å². The smallest absolute Gasteiger partial charge is 0.322 e. The van der Waals surface area contributed by atoms with Crippen LogP contribution in [0.1, 0.15) is 19.3 Å². The van der Waals surface area contributed by atoms with Crippen molar-refractivity contribution in [3.63, 3.8) is 0 Å². The highest BCUT2D eigenvalue weighted by atomic mass is 16.5. The fraction of sp³-hybridized carbons (Fsp3) is 0.889. The number of methoxy groups -OCH3 is 2. The number of rotatable bonds is 5. The van der Waals surface area contributed by atoms with Crippen LogP contribution in [-0.2, 0) is 14.3 Å². The molecule has 0 saturated heterocycles. The first-order chi connectivity index (χ1) is 6.19. The molecule has 0 aromatic rings. The van der Waals surface area contributed by atoms with Gasteiger partial charge in [-0.15, -0.1) is 0 Å². The van der Waals surface area contributed by atoms with Crippen LogP contribution in [0, 0.1) is 5.92 Å². The Labute approximate surface area is 78.4 Å². The highest BCUT2D eigenvalue weighted by Gasteiger charge is 2.33. The second-order valence-corrected chi connectivity index (χ2v) is 3.48. The highest BCUT2D eigenvalue weighted by Crippen LogP contribution is 2.35. The van der Waals surface area contributed by atoms with Crippen molar-refractivity contribution >= 4 is 5.97 Å². The molecule has 4 nitrogen and oxygen atoms in total. The molecule has 4 heteroatoms. The molecule has 76 valence electrons. The Morgan fingerprint density at radius 2 is 2.15 bits per heavy atom. The van der Waals surface area contributed by atoms with E-state index in [9.17, 15) is 4.79 Å². The molecule has 0 aliphatic heterocycles. The van der Waals surface area contributed by atoms with E-state index in [1.807, 2.05) is 0 Å². The zero-order valence-corrected chi connectivity index (χ0v) is 8.16. The van der Waals surface area contributed by atoms with E-state index >= 15 is 0 Å². The summed E-state index contributed by atoms with van der Waals surface area (Å²) < 4.78 is 9.79. The minimum atomic E-state index is -0.546. The molecular weight excluding hydrogens is 170 g/mol. The average molecular weight is 187 g/mol. The minimum Gasteiger partial charge on any atom is -0.468 e. The van der Waals surface area contributed by atoms with Crippen LogP contribution in [0.25, 0.3) is 0 Å². The van der Waals surface area contributed by atoms with Crippen LogP contribution in [0.15, 0.2) is 0 Å². The fourth-order valence-corrected chi connectivity index (χ4v) is 1.45. The Bertz CT molecular complexity index is 180. The van der Waals surface area contributed by atoms with Gasteiger partial charge in [-0.2, -0.15) is 0 Å². The molecule has 1 aliphatic rings. The van der Waals surface area contributed by atoms with Crippen LogP contribution >= 0.6 is 0 Å². The molecule has 1 saturated carbocycles. The van der Waals surface area contributed by atoms with E-state index in [4.69, 9.17) is 10.5 Å². The van der Waals surface area contributed by atoms with E-state index in [0.717, 1.165) is 0 Å². The number of carbonyl (C=O) groups excluding carboxylic acids is 1. The van der Waals surface area contributed by atoms with Crippen molar-refractivity contribution in [2.75, 3.05) is 14.2 Å². The molecule has 2 unspecified atom stereocenters. The van der Waals surface area contributed by atoms with Crippen molar-refractivity contribution < 1.29 is 14.3 Å². The number of carbonyl (C=O) groups is 1. The normalized spacial score (nSPS) is 20.8. The van der Waals surface area contributed by atoms with Crippen LogP contribution in [0.4, 0.5) is 0 Å². The Kier molecular flexibility index (Phi) is 3.69. The Balaban J connectivity index is 2.31. The molecule has 13 heavy (non-hydrogen) atoms. The second-order valence-electron chi connectivity index (χ2n) is 3.48. The van der Waals surface area contributed by atoms with Crippen LogP contribution in [0.2, 0.25) is 0 Å². The van der Waals surface area contributed by atoms with Crippen molar-refractivity contribution in [1.82, 2.24) is 0 Å². The van der Waals surface area contributed by atoms with Gasteiger partial charge >= 0.3 is 5.97 Å². The summed E-state index contributed by atoms with van der Waals surface area (Å²) in [6, 6.07) is -0.546. The van der Waals surface area contributed by atoms with Gasteiger partial charge in [-0.25, -0.2) is 0 Å².